The third-order valence-electron chi connectivity index (χ3n) is 10.1. The SMILES string of the molecule is C=Cc1ccc(-c2ccc(-c3cc(-c4ccc(-c5ccc(C=C)cc5)cc4)c4c5c3S(=O)(=O)c3ccccc3N5c3ccccc3S4(=O)=O)cc2)cc1. The van der Waals surface area contributed by atoms with Gasteiger partial charge < -0.3 is 4.90 Å². The second kappa shape index (κ2) is 12.2. The first kappa shape index (κ1) is 32.6. The van der Waals surface area contributed by atoms with Crippen LogP contribution in [0.15, 0.2) is 184 Å². The van der Waals surface area contributed by atoms with Crippen LogP contribution in [0.1, 0.15) is 11.1 Å². The molecule has 0 aromatic heterocycles. The molecule has 7 heteroatoms. The molecular weight excluding hydrogens is 695 g/mol. The summed E-state index contributed by atoms with van der Waals surface area (Å²) in [6, 6.07) is 46.9. The molecule has 9 rings (SSSR count). The number of hydrogen-bond acceptors (Lipinski definition) is 5. The van der Waals surface area contributed by atoms with Crippen LogP contribution >= 0.6 is 0 Å². The quantitative estimate of drug-likeness (QED) is 0.171. The Bertz CT molecular complexity index is 2660. The van der Waals surface area contributed by atoms with Gasteiger partial charge in [-0.3, -0.25) is 0 Å². The van der Waals surface area contributed by atoms with Crippen LogP contribution < -0.4 is 4.90 Å². The number of para-hydroxylation sites is 2. The van der Waals surface area contributed by atoms with Gasteiger partial charge in [0.25, 0.3) is 0 Å². The predicted molar refractivity (Wildman–Crippen MR) is 214 cm³/mol. The van der Waals surface area contributed by atoms with Gasteiger partial charge in [-0.2, -0.15) is 0 Å². The van der Waals surface area contributed by atoms with E-state index in [0.717, 1.165) is 33.4 Å². The van der Waals surface area contributed by atoms with Gasteiger partial charge in [-0.15, -0.1) is 0 Å². The van der Waals surface area contributed by atoms with Crippen molar-refractivity contribution in [3.05, 3.63) is 176 Å². The number of benzene rings is 7. The molecule has 0 unspecified atom stereocenters. The summed E-state index contributed by atoms with van der Waals surface area (Å²) >= 11 is 0. The predicted octanol–water partition coefficient (Wildman–Crippen LogP) is 11.4. The maximum Gasteiger partial charge on any atom is 0.211 e. The summed E-state index contributed by atoms with van der Waals surface area (Å²) < 4.78 is 59.4. The molecule has 2 aliphatic heterocycles. The van der Waals surface area contributed by atoms with E-state index in [-0.39, 0.29) is 25.3 Å². The van der Waals surface area contributed by atoms with Crippen LogP contribution in [0.3, 0.4) is 0 Å². The molecule has 2 heterocycles. The smallest absolute Gasteiger partial charge is 0.211 e. The molecule has 0 amide bonds. The summed E-state index contributed by atoms with van der Waals surface area (Å²) in [5.41, 5.74) is 9.03. The maximum absolute atomic E-state index is 14.9. The van der Waals surface area contributed by atoms with Crippen LogP contribution in [0.5, 0.6) is 0 Å². The van der Waals surface area contributed by atoms with E-state index in [1.54, 1.807) is 66.7 Å². The van der Waals surface area contributed by atoms with Crippen LogP contribution in [0.4, 0.5) is 17.1 Å². The van der Waals surface area contributed by atoms with Gasteiger partial charge in [0.2, 0.25) is 19.7 Å². The van der Waals surface area contributed by atoms with Crippen LogP contribution in [0.25, 0.3) is 56.7 Å². The lowest BCUT2D eigenvalue weighted by Crippen LogP contribution is -2.30. The summed E-state index contributed by atoms with van der Waals surface area (Å²) in [7, 11) is -8.41. The summed E-state index contributed by atoms with van der Waals surface area (Å²) in [5, 5.41) is 0. The second-order valence-corrected chi connectivity index (χ2v) is 16.8. The van der Waals surface area contributed by atoms with E-state index in [2.05, 4.69) is 13.2 Å². The number of nitrogens with zero attached hydrogens (tertiary/aromatic N) is 1. The minimum Gasteiger partial charge on any atom is -0.305 e. The average molecular weight is 726 g/mol. The van der Waals surface area contributed by atoms with Gasteiger partial charge in [0.05, 0.1) is 26.9 Å². The highest BCUT2D eigenvalue weighted by Crippen LogP contribution is 2.60. The lowest BCUT2D eigenvalue weighted by atomic mass is 9.94. The molecule has 0 saturated carbocycles. The highest BCUT2D eigenvalue weighted by atomic mass is 32.2. The second-order valence-electron chi connectivity index (χ2n) is 13.1. The van der Waals surface area contributed by atoms with Gasteiger partial charge >= 0.3 is 0 Å². The third kappa shape index (κ3) is 5.04. The molecule has 0 aliphatic carbocycles. The fraction of sp³-hybridized carbons (Fsp3) is 0. The molecule has 53 heavy (non-hydrogen) atoms. The normalized spacial score (nSPS) is 14.4. The summed E-state index contributed by atoms with van der Waals surface area (Å²) in [6.07, 6.45) is 3.58. The van der Waals surface area contributed by atoms with Crippen molar-refractivity contribution >= 4 is 48.9 Å². The minimum atomic E-state index is -4.20. The van der Waals surface area contributed by atoms with Crippen molar-refractivity contribution in [2.24, 2.45) is 0 Å². The topological polar surface area (TPSA) is 71.5 Å². The maximum atomic E-state index is 14.9. The Morgan fingerprint density at radius 1 is 0.415 bits per heavy atom. The highest BCUT2D eigenvalue weighted by Gasteiger charge is 2.47. The number of anilines is 3. The van der Waals surface area contributed by atoms with E-state index >= 15 is 0 Å². The zero-order chi connectivity index (χ0) is 36.5. The number of fused-ring (bicyclic) bond motifs is 4. The summed E-state index contributed by atoms with van der Waals surface area (Å²) in [5.74, 6) is 0. The van der Waals surface area contributed by atoms with Crippen molar-refractivity contribution in [3.8, 4) is 44.5 Å². The highest BCUT2D eigenvalue weighted by molar-refractivity contribution is 7.93. The molecule has 0 N–H and O–H groups in total. The Morgan fingerprint density at radius 3 is 1.09 bits per heavy atom. The van der Waals surface area contributed by atoms with Crippen molar-refractivity contribution in [2.75, 3.05) is 4.90 Å². The van der Waals surface area contributed by atoms with E-state index in [9.17, 15) is 16.8 Å². The van der Waals surface area contributed by atoms with E-state index in [1.807, 2.05) is 102 Å². The van der Waals surface area contributed by atoms with Crippen molar-refractivity contribution in [3.63, 3.8) is 0 Å². The molecule has 2 aliphatic rings. The Kier molecular flexibility index (Phi) is 7.48. The van der Waals surface area contributed by atoms with Crippen LogP contribution in [-0.2, 0) is 19.7 Å². The van der Waals surface area contributed by atoms with Gasteiger partial charge in [-0.25, -0.2) is 16.8 Å². The van der Waals surface area contributed by atoms with Crippen LogP contribution in [0.2, 0.25) is 0 Å². The summed E-state index contributed by atoms with van der Waals surface area (Å²) in [4.78, 5) is 1.99. The van der Waals surface area contributed by atoms with E-state index in [1.165, 1.54) is 0 Å². The average Bonchev–Trinajstić information content (AvgIpc) is 3.20. The molecule has 0 spiro atoms. The van der Waals surface area contributed by atoms with Gasteiger partial charge in [-0.1, -0.05) is 147 Å². The van der Waals surface area contributed by atoms with E-state index in [4.69, 9.17) is 0 Å². The van der Waals surface area contributed by atoms with Crippen molar-refractivity contribution in [1.29, 1.82) is 0 Å². The Hall–Kier alpha value is -6.28. The van der Waals surface area contributed by atoms with E-state index < -0.39 is 19.7 Å². The standard InChI is InChI=1S/C46H31NO4S2/c1-3-30-13-17-32(18-14-30)34-21-25-36(26-22-34)38-29-39(37-27-23-35(24-28-37)33-19-15-31(4-2)16-20-33)46-44-45(38)52(48,49)42-11-7-5-9-40(42)47(44)41-10-6-8-12-43(41)53(46,50)51/h3-29H,1-2H2. The first-order valence-electron chi connectivity index (χ1n) is 17.1. The first-order chi connectivity index (χ1) is 25.7. The zero-order valence-electron chi connectivity index (χ0n) is 28.4. The molecule has 0 atom stereocenters. The van der Waals surface area contributed by atoms with E-state index in [0.29, 0.717) is 33.6 Å². The Labute approximate surface area is 309 Å². The molecule has 256 valence electrons. The summed E-state index contributed by atoms with van der Waals surface area (Å²) in [6.45, 7) is 7.68. The minimum absolute atomic E-state index is 0.0324. The van der Waals surface area contributed by atoms with Gasteiger partial charge in [0, 0.05) is 11.1 Å². The van der Waals surface area contributed by atoms with Crippen LogP contribution in [0, 0.1) is 0 Å². The lowest BCUT2D eigenvalue weighted by molar-refractivity contribution is 0.591. The number of hydrogen-bond donors (Lipinski definition) is 0. The zero-order valence-corrected chi connectivity index (χ0v) is 30.0. The van der Waals surface area contributed by atoms with Gasteiger partial charge in [-0.05, 0) is 74.8 Å². The van der Waals surface area contributed by atoms with Crippen LogP contribution in [-0.4, -0.2) is 16.8 Å². The van der Waals surface area contributed by atoms with Gasteiger partial charge in [0.15, 0.2) is 0 Å². The fourth-order valence-corrected chi connectivity index (χ4v) is 11.2. The Morgan fingerprint density at radius 2 is 0.736 bits per heavy atom. The molecule has 0 radical (unpaired) electrons. The molecule has 7 aromatic rings. The molecule has 5 nitrogen and oxygen atoms in total. The molecular formula is C46H31NO4S2. The van der Waals surface area contributed by atoms with Crippen molar-refractivity contribution < 1.29 is 16.8 Å². The number of sulfone groups is 2. The molecule has 7 aromatic carbocycles. The van der Waals surface area contributed by atoms with Gasteiger partial charge in [0.1, 0.15) is 9.79 Å². The fourth-order valence-electron chi connectivity index (χ4n) is 7.45. The molecule has 0 saturated heterocycles. The monoisotopic (exact) mass is 725 g/mol. The third-order valence-corrected chi connectivity index (χ3v) is 13.9. The number of rotatable bonds is 6. The Balaban J connectivity index is 1.32. The first-order valence-corrected chi connectivity index (χ1v) is 20.0. The molecule has 0 fully saturated rings. The largest absolute Gasteiger partial charge is 0.305 e. The lowest BCUT2D eigenvalue weighted by Gasteiger charge is -2.40. The van der Waals surface area contributed by atoms with Crippen molar-refractivity contribution in [2.45, 2.75) is 19.6 Å². The van der Waals surface area contributed by atoms with Crippen molar-refractivity contribution in [1.82, 2.24) is 0 Å². The molecule has 0 bridgehead atoms.